The Morgan fingerprint density at radius 3 is 2.06 bits per heavy atom. The number of oxime groups is 1. The summed E-state index contributed by atoms with van der Waals surface area (Å²) in [6.45, 7) is 17.9. The quantitative estimate of drug-likeness (QED) is 0.0206. The first-order valence-corrected chi connectivity index (χ1v) is 23.8. The van der Waals surface area contributed by atoms with Crippen molar-refractivity contribution in [2.45, 2.75) is 142 Å². The van der Waals surface area contributed by atoms with Crippen LogP contribution >= 0.6 is 11.3 Å². The van der Waals surface area contributed by atoms with Crippen molar-refractivity contribution in [3.63, 3.8) is 0 Å². The Bertz CT molecular complexity index is 2490. The number of amides is 5. The third kappa shape index (κ3) is 14.7. The van der Waals surface area contributed by atoms with Crippen molar-refractivity contribution in [3.8, 4) is 0 Å². The highest BCUT2D eigenvalue weighted by Crippen LogP contribution is 2.43. The number of carbonyl (C=O) groups is 6. The van der Waals surface area contributed by atoms with Crippen LogP contribution < -0.4 is 21.3 Å². The van der Waals surface area contributed by atoms with Crippen LogP contribution in [-0.4, -0.2) is 114 Å². The van der Waals surface area contributed by atoms with Gasteiger partial charge in [0.2, 0.25) is 11.5 Å². The summed E-state index contributed by atoms with van der Waals surface area (Å²) in [6, 6.07) is 16.1. The Morgan fingerprint density at radius 1 is 0.886 bits per heavy atom. The summed E-state index contributed by atoms with van der Waals surface area (Å²) in [5.41, 5.74) is -2.30. The van der Waals surface area contributed by atoms with E-state index in [4.69, 9.17) is 23.8 Å². The summed E-state index contributed by atoms with van der Waals surface area (Å²) in [5.74, 6) is -2.06. The molecule has 2 aliphatic rings. The number of ether oxygens (including phenoxy) is 4. The lowest BCUT2D eigenvalue weighted by Gasteiger charge is -2.36. The number of β-lactam (4-membered cyclic amide) rings is 1. The first-order valence-electron chi connectivity index (χ1n) is 22.9. The molecule has 0 radical (unpaired) electrons. The minimum Gasteiger partial charge on any atom is -0.450 e. The maximum atomic E-state index is 14.2. The van der Waals surface area contributed by atoms with Crippen molar-refractivity contribution in [1.82, 2.24) is 40.8 Å². The van der Waals surface area contributed by atoms with Gasteiger partial charge in [-0.1, -0.05) is 65.8 Å². The van der Waals surface area contributed by atoms with Crippen LogP contribution in [0, 0.1) is 0 Å². The minimum absolute atomic E-state index is 0.0121. The molecule has 6 rings (SSSR count). The maximum absolute atomic E-state index is 14.2. The Balaban J connectivity index is 1.17. The smallest absolute Gasteiger partial charge is 0.413 e. The van der Waals surface area contributed by atoms with Crippen LogP contribution in [0.15, 0.2) is 77.4 Å². The molecular formula is C48H62N10O11S. The second-order valence-electron chi connectivity index (χ2n) is 19.8. The fourth-order valence-corrected chi connectivity index (χ4v) is 7.51. The van der Waals surface area contributed by atoms with Crippen molar-refractivity contribution >= 4 is 58.2 Å². The van der Waals surface area contributed by atoms with Gasteiger partial charge in [-0.25, -0.2) is 24.2 Å². The van der Waals surface area contributed by atoms with Gasteiger partial charge in [0, 0.05) is 31.3 Å². The van der Waals surface area contributed by atoms with Gasteiger partial charge < -0.3 is 39.7 Å². The number of hydrogen-bond acceptors (Lipinski definition) is 16. The van der Waals surface area contributed by atoms with Crippen LogP contribution in [0.1, 0.15) is 123 Å². The lowest BCUT2D eigenvalue weighted by molar-refractivity contribution is -0.164. The number of esters is 1. The molecule has 22 heteroatoms. The molecule has 376 valence electrons. The molecule has 3 heterocycles. The van der Waals surface area contributed by atoms with Gasteiger partial charge in [0.05, 0.1) is 24.8 Å². The van der Waals surface area contributed by atoms with Gasteiger partial charge in [-0.05, 0) is 86.8 Å². The molecule has 5 amide bonds. The number of nitrogens with one attached hydrogen (secondary N) is 4. The van der Waals surface area contributed by atoms with Gasteiger partial charge in [-0.3, -0.25) is 19.8 Å². The highest BCUT2D eigenvalue weighted by atomic mass is 32.1. The SMILES string of the molecule is C[C@@H](c1cnn(C[C@@H]2NC(=O)[C@H]2NC(=O)C(=NOC2(C(=O)OC(c3ccccc3)c3ccccc3)CC2)c2csc(NC(=O)OC(C)(C)C)n2)n1)N(CCCNC(=O)OC(C)(C)C)C(=O)OC(C)(C)C. The average molecular weight is 987 g/mol. The van der Waals surface area contributed by atoms with E-state index in [0.717, 1.165) is 22.5 Å². The molecule has 4 aromatic rings. The van der Waals surface area contributed by atoms with Crippen LogP contribution in [0.2, 0.25) is 0 Å². The van der Waals surface area contributed by atoms with E-state index in [1.807, 2.05) is 60.7 Å². The third-order valence-corrected chi connectivity index (χ3v) is 11.1. The van der Waals surface area contributed by atoms with E-state index in [9.17, 15) is 28.8 Å². The van der Waals surface area contributed by atoms with Gasteiger partial charge >= 0.3 is 24.2 Å². The lowest BCUT2D eigenvalue weighted by Crippen LogP contribution is -2.70. The number of aromatic nitrogens is 4. The number of carbonyl (C=O) groups excluding carboxylic acids is 6. The Kier molecular flexibility index (Phi) is 16.2. The standard InChI is InChI=1S/C48H62N10O11S/c1-29(57(44(64)68-47(8,9)10)25-17-24-49-42(62)66-45(2,3)4)32-26-50-58(55-32)27-33-35(38(59)51-33)53-39(60)36(34-28-70-41(52-34)54-43(63)67-46(5,6)7)56-69-48(22-23-48)40(61)65-37(30-18-13-11-14-19-30)31-20-15-12-16-21-31/h11-16,18-21,26,28-29,33,35,37H,17,22-25,27H2,1-10H3,(H,49,62)(H,51,59)(H,53,60)(H,52,54,63)/t29-,33-,35-/m0/s1. The number of nitrogens with zero attached hydrogens (tertiary/aromatic N) is 6. The van der Waals surface area contributed by atoms with E-state index in [1.54, 1.807) is 69.2 Å². The predicted molar refractivity (Wildman–Crippen MR) is 256 cm³/mol. The van der Waals surface area contributed by atoms with Gasteiger partial charge in [-0.15, -0.1) is 11.3 Å². The van der Waals surface area contributed by atoms with Gasteiger partial charge in [-0.2, -0.15) is 15.0 Å². The van der Waals surface area contributed by atoms with Crippen molar-refractivity contribution in [3.05, 3.63) is 94.8 Å². The summed E-state index contributed by atoms with van der Waals surface area (Å²) in [5, 5.41) is 25.4. The summed E-state index contributed by atoms with van der Waals surface area (Å²) in [6.07, 6.45) is -0.354. The van der Waals surface area contributed by atoms with Crippen molar-refractivity contribution in [2.75, 3.05) is 18.4 Å². The second kappa shape index (κ2) is 21.7. The molecule has 4 N–H and O–H groups in total. The zero-order valence-electron chi connectivity index (χ0n) is 41.1. The molecule has 70 heavy (non-hydrogen) atoms. The Labute approximate surface area is 410 Å². The highest BCUT2D eigenvalue weighted by Gasteiger charge is 2.56. The lowest BCUT2D eigenvalue weighted by atomic mass is 9.98. The topological polar surface area (TPSA) is 256 Å². The molecule has 0 bridgehead atoms. The monoisotopic (exact) mass is 986 g/mol. The van der Waals surface area contributed by atoms with Crippen LogP contribution in [0.5, 0.6) is 0 Å². The molecule has 1 saturated carbocycles. The normalized spacial score (nSPS) is 17.0. The summed E-state index contributed by atoms with van der Waals surface area (Å²) < 4.78 is 22.5. The maximum Gasteiger partial charge on any atom is 0.413 e. The molecule has 1 aliphatic heterocycles. The first-order chi connectivity index (χ1) is 32.9. The minimum atomic E-state index is -1.52. The number of rotatable bonds is 18. The number of benzene rings is 2. The fraction of sp³-hybridized carbons (Fsp3) is 0.500. The van der Waals surface area contributed by atoms with E-state index < -0.39 is 82.7 Å². The molecule has 2 aromatic heterocycles. The van der Waals surface area contributed by atoms with E-state index in [0.29, 0.717) is 12.1 Å². The van der Waals surface area contributed by atoms with Crippen molar-refractivity contribution in [2.24, 2.45) is 5.16 Å². The molecule has 3 atom stereocenters. The van der Waals surface area contributed by atoms with Crippen LogP contribution in [0.3, 0.4) is 0 Å². The highest BCUT2D eigenvalue weighted by molar-refractivity contribution is 7.14. The van der Waals surface area contributed by atoms with E-state index in [-0.39, 0.29) is 49.0 Å². The molecule has 0 unspecified atom stereocenters. The average Bonchev–Trinajstić information content (AvgIpc) is 3.67. The molecule has 2 aromatic carbocycles. The predicted octanol–water partition coefficient (Wildman–Crippen LogP) is 6.56. The van der Waals surface area contributed by atoms with Crippen molar-refractivity contribution in [1.29, 1.82) is 0 Å². The van der Waals surface area contributed by atoms with Crippen molar-refractivity contribution < 1.29 is 52.6 Å². The Hall–Kier alpha value is -7.10. The van der Waals surface area contributed by atoms with Gasteiger partial charge in [0.1, 0.15) is 34.2 Å². The molecular weight excluding hydrogens is 925 g/mol. The van der Waals surface area contributed by atoms with E-state index in [2.05, 4.69) is 41.6 Å². The molecule has 2 fully saturated rings. The zero-order chi connectivity index (χ0) is 51.0. The van der Waals surface area contributed by atoms with Gasteiger partial charge in [0.25, 0.3) is 5.91 Å². The van der Waals surface area contributed by atoms with E-state index in [1.165, 1.54) is 21.3 Å². The third-order valence-electron chi connectivity index (χ3n) is 10.4. The van der Waals surface area contributed by atoms with Gasteiger partial charge in [0.15, 0.2) is 16.9 Å². The van der Waals surface area contributed by atoms with Crippen LogP contribution in [-0.2, 0) is 44.7 Å². The fourth-order valence-electron chi connectivity index (χ4n) is 6.83. The number of anilines is 1. The summed E-state index contributed by atoms with van der Waals surface area (Å²) >= 11 is 0.984. The second-order valence-corrected chi connectivity index (χ2v) is 20.7. The number of hydrogen-bond donors (Lipinski definition) is 4. The molecule has 0 spiro atoms. The molecule has 21 nitrogen and oxygen atoms in total. The van der Waals surface area contributed by atoms with Crippen LogP contribution in [0.25, 0.3) is 0 Å². The zero-order valence-corrected chi connectivity index (χ0v) is 41.9. The van der Waals surface area contributed by atoms with E-state index >= 15 is 0 Å². The molecule has 1 aliphatic carbocycles. The summed E-state index contributed by atoms with van der Waals surface area (Å²) in [7, 11) is 0. The summed E-state index contributed by atoms with van der Waals surface area (Å²) in [4.78, 5) is 92.6. The van der Waals surface area contributed by atoms with Crippen LogP contribution in [0.4, 0.5) is 19.5 Å². The number of thiazole rings is 1. The Morgan fingerprint density at radius 2 is 1.49 bits per heavy atom. The largest absolute Gasteiger partial charge is 0.450 e. The first kappa shape index (κ1) is 52.3. The number of alkyl carbamates (subject to hydrolysis) is 1. The molecule has 1 saturated heterocycles.